The maximum absolute atomic E-state index is 6.33. The van der Waals surface area contributed by atoms with Crippen molar-refractivity contribution in [2.24, 2.45) is 0 Å². The Morgan fingerprint density at radius 1 is 0.442 bits per heavy atom. The molecule has 0 unspecified atom stereocenters. The van der Waals surface area contributed by atoms with E-state index in [0.717, 1.165) is 93.6 Å². The average molecular weight is 550 g/mol. The summed E-state index contributed by atoms with van der Waals surface area (Å²) in [5.41, 5.74) is 11.6. The van der Waals surface area contributed by atoms with E-state index in [1.165, 1.54) is 10.8 Å². The molecule has 5 aromatic heterocycles. The minimum absolute atomic E-state index is 0.859. The number of fused-ring (bicyclic) bond motifs is 13. The van der Waals surface area contributed by atoms with Crippen molar-refractivity contribution in [1.29, 1.82) is 0 Å². The number of furan rings is 2. The molecule has 11 aromatic rings. The number of para-hydroxylation sites is 4. The predicted octanol–water partition coefficient (Wildman–Crippen LogP) is 10.2. The molecule has 0 amide bonds. The molecule has 0 bridgehead atoms. The molecule has 198 valence electrons. The molecule has 0 aliphatic rings. The van der Waals surface area contributed by atoms with E-state index in [9.17, 15) is 0 Å². The topological polar surface area (TPSA) is 56.5 Å². The first-order chi connectivity index (χ1) is 21.3. The van der Waals surface area contributed by atoms with Crippen molar-refractivity contribution in [3.63, 3.8) is 0 Å². The Bertz CT molecular complexity index is 2960. The summed E-state index contributed by atoms with van der Waals surface area (Å²) < 4.78 is 14.7. The predicted molar refractivity (Wildman–Crippen MR) is 174 cm³/mol. The third kappa shape index (κ3) is 2.72. The van der Waals surface area contributed by atoms with Gasteiger partial charge < -0.3 is 8.83 Å². The van der Waals surface area contributed by atoms with E-state index < -0.39 is 0 Å². The van der Waals surface area contributed by atoms with Gasteiger partial charge in [-0.05, 0) is 65.7 Å². The lowest BCUT2D eigenvalue weighted by Gasteiger charge is -2.05. The Kier molecular flexibility index (Phi) is 3.78. The Hall–Kier alpha value is -5.94. The van der Waals surface area contributed by atoms with Crippen LogP contribution in [0.1, 0.15) is 0 Å². The monoisotopic (exact) mass is 549 g/mol. The quantitative estimate of drug-likeness (QED) is 0.204. The molecule has 6 aromatic carbocycles. The summed E-state index contributed by atoms with van der Waals surface area (Å²) in [5.74, 6) is 0. The third-order valence-electron chi connectivity index (χ3n) is 9.09. The highest BCUT2D eigenvalue weighted by atomic mass is 16.3. The van der Waals surface area contributed by atoms with Crippen molar-refractivity contribution in [2.75, 3.05) is 0 Å². The summed E-state index contributed by atoms with van der Waals surface area (Å²) in [6, 6.07) is 40.1. The zero-order valence-electron chi connectivity index (χ0n) is 22.6. The minimum Gasteiger partial charge on any atom is -0.456 e. The maximum Gasteiger partial charge on any atom is 0.165 e. The van der Waals surface area contributed by atoms with Crippen LogP contribution >= 0.6 is 0 Å². The molecule has 0 aliphatic carbocycles. The second kappa shape index (κ2) is 7.46. The number of hydrogen-bond acceptors (Lipinski definition) is 4. The van der Waals surface area contributed by atoms with Crippen LogP contribution in [0.4, 0.5) is 0 Å². The van der Waals surface area contributed by atoms with Gasteiger partial charge in [0, 0.05) is 43.8 Å². The number of aromatic nitrogens is 3. The van der Waals surface area contributed by atoms with E-state index in [2.05, 4.69) is 71.1 Å². The first-order valence-electron chi connectivity index (χ1n) is 14.4. The van der Waals surface area contributed by atoms with E-state index in [1.54, 1.807) is 0 Å². The molecule has 0 N–H and O–H groups in total. The van der Waals surface area contributed by atoms with E-state index >= 15 is 0 Å². The fraction of sp³-hybridized carbons (Fsp3) is 0. The van der Waals surface area contributed by atoms with Gasteiger partial charge in [0.05, 0.1) is 22.1 Å². The Morgan fingerprint density at radius 3 is 1.88 bits per heavy atom. The average Bonchev–Trinajstić information content (AvgIpc) is 3.78. The molecule has 0 saturated heterocycles. The number of nitrogens with zero attached hydrogens (tertiary/aromatic N) is 3. The highest BCUT2D eigenvalue weighted by Crippen LogP contribution is 2.44. The van der Waals surface area contributed by atoms with Crippen molar-refractivity contribution in [3.05, 3.63) is 115 Å². The van der Waals surface area contributed by atoms with Crippen LogP contribution < -0.4 is 0 Å². The van der Waals surface area contributed by atoms with Gasteiger partial charge in [0.15, 0.2) is 5.65 Å². The van der Waals surface area contributed by atoms with Crippen LogP contribution in [0.5, 0.6) is 0 Å². The van der Waals surface area contributed by atoms with Crippen LogP contribution in [0.25, 0.3) is 104 Å². The molecule has 11 rings (SSSR count). The largest absolute Gasteiger partial charge is 0.456 e. The van der Waals surface area contributed by atoms with Crippen LogP contribution in [0.15, 0.2) is 124 Å². The first kappa shape index (κ1) is 21.8. The van der Waals surface area contributed by atoms with Gasteiger partial charge in [-0.3, -0.25) is 4.40 Å². The zero-order chi connectivity index (χ0) is 27.8. The van der Waals surface area contributed by atoms with Gasteiger partial charge in [0.25, 0.3) is 0 Å². The van der Waals surface area contributed by atoms with Gasteiger partial charge >= 0.3 is 0 Å². The summed E-state index contributed by atoms with van der Waals surface area (Å²) in [5, 5.41) is 7.92. The van der Waals surface area contributed by atoms with Crippen LogP contribution in [0.2, 0.25) is 0 Å². The molecule has 0 fully saturated rings. The molecule has 5 nitrogen and oxygen atoms in total. The normalized spacial score (nSPS) is 12.7. The smallest absolute Gasteiger partial charge is 0.165 e. The van der Waals surface area contributed by atoms with E-state index in [0.29, 0.717) is 0 Å². The Balaban J connectivity index is 1.32. The molecule has 5 heterocycles. The lowest BCUT2D eigenvalue weighted by Crippen LogP contribution is -1.88. The highest BCUT2D eigenvalue weighted by molar-refractivity contribution is 6.26. The third-order valence-corrected chi connectivity index (χ3v) is 9.09. The summed E-state index contributed by atoms with van der Waals surface area (Å²) in [4.78, 5) is 10.3. The standard InChI is InChI=1S/C38H19N3O2/c1-5-11-32-22(7-1)25-15-20(13-14-34(25)42-32)21-16-27-24-18-26-23-8-2-6-12-33(23)43-35(26)19-31(24)41-37(27)28(17-21)36-38(41)40-30-10-4-3-9-29(30)39-36/h1-19H. The van der Waals surface area contributed by atoms with Crippen LogP contribution in [0, 0.1) is 0 Å². The summed E-state index contributed by atoms with van der Waals surface area (Å²) in [6.07, 6.45) is 0. The van der Waals surface area contributed by atoms with E-state index in [-0.39, 0.29) is 0 Å². The highest BCUT2D eigenvalue weighted by Gasteiger charge is 2.23. The first-order valence-corrected chi connectivity index (χ1v) is 14.4. The van der Waals surface area contributed by atoms with Crippen molar-refractivity contribution in [1.82, 2.24) is 14.4 Å². The molecule has 43 heavy (non-hydrogen) atoms. The van der Waals surface area contributed by atoms with Gasteiger partial charge in [-0.15, -0.1) is 0 Å². The molecular formula is C38H19N3O2. The summed E-state index contributed by atoms with van der Waals surface area (Å²) >= 11 is 0. The maximum atomic E-state index is 6.33. The van der Waals surface area contributed by atoms with E-state index in [1.807, 2.05) is 48.5 Å². The molecule has 0 aliphatic heterocycles. The second-order valence-electron chi connectivity index (χ2n) is 11.4. The van der Waals surface area contributed by atoms with Gasteiger partial charge in [-0.1, -0.05) is 54.6 Å². The fourth-order valence-electron chi connectivity index (χ4n) is 7.16. The van der Waals surface area contributed by atoms with Gasteiger partial charge in [-0.2, -0.15) is 0 Å². The number of benzene rings is 6. The molecule has 0 radical (unpaired) electrons. The summed E-state index contributed by atoms with van der Waals surface area (Å²) in [6.45, 7) is 0. The van der Waals surface area contributed by atoms with E-state index in [4.69, 9.17) is 18.8 Å². The lowest BCUT2D eigenvalue weighted by molar-refractivity contribution is 0.668. The Labute approximate surface area is 242 Å². The van der Waals surface area contributed by atoms with Crippen molar-refractivity contribution in [3.8, 4) is 11.1 Å². The van der Waals surface area contributed by atoms with Crippen LogP contribution in [-0.2, 0) is 0 Å². The molecule has 0 atom stereocenters. The molecular weight excluding hydrogens is 530 g/mol. The van der Waals surface area contributed by atoms with Crippen LogP contribution in [0.3, 0.4) is 0 Å². The molecule has 5 heteroatoms. The Morgan fingerprint density at radius 2 is 1.07 bits per heavy atom. The van der Waals surface area contributed by atoms with Gasteiger partial charge in [-0.25, -0.2) is 9.97 Å². The lowest BCUT2D eigenvalue weighted by atomic mass is 9.98. The SMILES string of the molecule is c1ccc2nc3c(nc2c1)c1cc(-c2ccc4oc5ccccc5c4c2)cc2c4cc5c(cc4n3c21)oc1ccccc15. The van der Waals surface area contributed by atoms with Gasteiger partial charge in [0.1, 0.15) is 27.8 Å². The molecule has 0 saturated carbocycles. The van der Waals surface area contributed by atoms with Crippen LogP contribution in [-0.4, -0.2) is 14.4 Å². The fourth-order valence-corrected chi connectivity index (χ4v) is 7.16. The zero-order valence-corrected chi connectivity index (χ0v) is 22.6. The number of rotatable bonds is 1. The van der Waals surface area contributed by atoms with Crippen molar-refractivity contribution < 1.29 is 8.83 Å². The van der Waals surface area contributed by atoms with Crippen molar-refractivity contribution in [2.45, 2.75) is 0 Å². The van der Waals surface area contributed by atoms with Gasteiger partial charge in [0.2, 0.25) is 0 Å². The second-order valence-corrected chi connectivity index (χ2v) is 11.4. The number of hydrogen-bond donors (Lipinski definition) is 0. The minimum atomic E-state index is 0.859. The van der Waals surface area contributed by atoms with Crippen molar-refractivity contribution >= 4 is 93.3 Å². The molecule has 0 spiro atoms. The summed E-state index contributed by atoms with van der Waals surface area (Å²) in [7, 11) is 0.